The molecule has 0 saturated heterocycles. The molecule has 0 radical (unpaired) electrons. The van der Waals surface area contributed by atoms with Crippen molar-refractivity contribution in [2.75, 3.05) is 18.5 Å². The monoisotopic (exact) mass is 265 g/mol. The predicted molar refractivity (Wildman–Crippen MR) is 75.4 cm³/mol. The van der Waals surface area contributed by atoms with Gasteiger partial charge in [-0.2, -0.15) is 5.10 Å². The summed E-state index contributed by atoms with van der Waals surface area (Å²) < 4.78 is 7.03. The van der Waals surface area contributed by atoms with Gasteiger partial charge >= 0.3 is 0 Å². The van der Waals surface area contributed by atoms with Crippen LogP contribution < -0.4 is 10.9 Å². The van der Waals surface area contributed by atoms with Gasteiger partial charge in [-0.15, -0.1) is 0 Å². The number of hydrogen-bond donors (Lipinski definition) is 1. The summed E-state index contributed by atoms with van der Waals surface area (Å²) in [5.74, 6) is 0.780. The minimum atomic E-state index is -0.185. The molecule has 1 aromatic rings. The van der Waals surface area contributed by atoms with Gasteiger partial charge in [0.15, 0.2) is 0 Å². The van der Waals surface area contributed by atoms with Crippen molar-refractivity contribution in [1.29, 1.82) is 0 Å². The third-order valence-corrected chi connectivity index (χ3v) is 3.00. The van der Waals surface area contributed by atoms with Gasteiger partial charge in [-0.3, -0.25) is 4.79 Å². The van der Waals surface area contributed by atoms with E-state index in [0.29, 0.717) is 13.2 Å². The van der Waals surface area contributed by atoms with E-state index in [2.05, 4.69) is 10.4 Å². The highest BCUT2D eigenvalue weighted by atomic mass is 16.5. The van der Waals surface area contributed by atoms with Crippen LogP contribution in [0.1, 0.15) is 33.6 Å². The van der Waals surface area contributed by atoms with Gasteiger partial charge in [-0.25, -0.2) is 4.68 Å². The van der Waals surface area contributed by atoms with Crippen LogP contribution in [-0.4, -0.2) is 28.5 Å². The maximum atomic E-state index is 11.9. The van der Waals surface area contributed by atoms with Gasteiger partial charge in [-0.05, 0) is 39.5 Å². The molecule has 1 fully saturated rings. The van der Waals surface area contributed by atoms with E-state index in [0.717, 1.165) is 18.2 Å². The van der Waals surface area contributed by atoms with Gasteiger partial charge in [0, 0.05) is 12.6 Å². The molecule has 1 heterocycles. The normalized spacial score (nSPS) is 15.5. The zero-order valence-corrected chi connectivity index (χ0v) is 12.0. The molecule has 106 valence electrons. The predicted octanol–water partition coefficient (Wildman–Crippen LogP) is 1.88. The van der Waals surface area contributed by atoms with Crippen LogP contribution >= 0.6 is 0 Å². The molecule has 1 saturated carbocycles. The van der Waals surface area contributed by atoms with E-state index in [1.807, 2.05) is 20.8 Å². The van der Waals surface area contributed by atoms with E-state index >= 15 is 0 Å². The molecule has 1 aliphatic carbocycles. The number of hydrogen-bond acceptors (Lipinski definition) is 4. The summed E-state index contributed by atoms with van der Waals surface area (Å²) >= 11 is 0. The average molecular weight is 265 g/mol. The Labute approximate surface area is 114 Å². The number of aromatic nitrogens is 2. The highest BCUT2D eigenvalue weighted by Gasteiger charge is 2.20. The number of nitrogens with one attached hydrogen (secondary N) is 1. The maximum absolute atomic E-state index is 11.9. The van der Waals surface area contributed by atoms with Gasteiger partial charge in [0.25, 0.3) is 5.56 Å². The molecule has 1 aromatic heterocycles. The molecule has 0 bridgehead atoms. The zero-order chi connectivity index (χ0) is 13.9. The van der Waals surface area contributed by atoms with Crippen molar-refractivity contribution < 1.29 is 4.74 Å². The van der Waals surface area contributed by atoms with E-state index < -0.39 is 0 Å². The first-order valence-electron chi connectivity index (χ1n) is 6.89. The van der Waals surface area contributed by atoms with Crippen molar-refractivity contribution in [2.45, 2.75) is 45.8 Å². The first-order chi connectivity index (χ1) is 8.94. The lowest BCUT2D eigenvalue weighted by Gasteiger charge is -2.19. The third-order valence-electron chi connectivity index (χ3n) is 3.00. The van der Waals surface area contributed by atoms with Crippen LogP contribution in [-0.2, 0) is 11.3 Å². The maximum Gasteiger partial charge on any atom is 0.268 e. The van der Waals surface area contributed by atoms with E-state index in [1.54, 1.807) is 12.3 Å². The van der Waals surface area contributed by atoms with Crippen molar-refractivity contribution >= 4 is 5.69 Å². The molecule has 0 aromatic carbocycles. The van der Waals surface area contributed by atoms with Gasteiger partial charge < -0.3 is 10.1 Å². The van der Waals surface area contributed by atoms with Gasteiger partial charge in [0.05, 0.1) is 30.6 Å². The molecule has 0 unspecified atom stereocenters. The van der Waals surface area contributed by atoms with Gasteiger partial charge in [0.2, 0.25) is 0 Å². The first kappa shape index (κ1) is 14.1. The molecule has 1 aliphatic rings. The highest BCUT2D eigenvalue weighted by molar-refractivity contribution is 5.38. The Morgan fingerprint density at radius 1 is 1.47 bits per heavy atom. The van der Waals surface area contributed by atoms with E-state index in [1.165, 1.54) is 17.5 Å². The summed E-state index contributed by atoms with van der Waals surface area (Å²) in [6, 6.07) is 1.60. The molecule has 0 atom stereocenters. The van der Waals surface area contributed by atoms with Crippen molar-refractivity contribution in [3.63, 3.8) is 0 Å². The van der Waals surface area contributed by atoms with Crippen LogP contribution in [0.25, 0.3) is 0 Å². The molecule has 5 heteroatoms. The second-order valence-electron chi connectivity index (χ2n) is 6.09. The number of rotatable bonds is 6. The van der Waals surface area contributed by atoms with Gasteiger partial charge in [-0.1, -0.05) is 0 Å². The Balaban J connectivity index is 1.85. The molecular weight excluding hydrogens is 242 g/mol. The van der Waals surface area contributed by atoms with Crippen LogP contribution in [0.5, 0.6) is 0 Å². The largest absolute Gasteiger partial charge is 0.383 e. The fourth-order valence-electron chi connectivity index (χ4n) is 1.72. The second-order valence-corrected chi connectivity index (χ2v) is 6.09. The Morgan fingerprint density at radius 3 is 2.79 bits per heavy atom. The number of anilines is 1. The number of nitrogens with zero attached hydrogens (tertiary/aromatic N) is 2. The molecule has 19 heavy (non-hydrogen) atoms. The summed E-state index contributed by atoms with van der Waals surface area (Å²) in [5, 5.41) is 7.41. The number of ether oxygens (including phenoxy) is 1. The summed E-state index contributed by atoms with van der Waals surface area (Å²) in [4.78, 5) is 11.9. The third kappa shape index (κ3) is 5.03. The van der Waals surface area contributed by atoms with Crippen LogP contribution in [0.15, 0.2) is 17.1 Å². The van der Waals surface area contributed by atoms with Crippen LogP contribution in [0.4, 0.5) is 5.69 Å². The summed E-state index contributed by atoms with van der Waals surface area (Å²) in [6.45, 7) is 7.90. The minimum Gasteiger partial charge on any atom is -0.383 e. The lowest BCUT2D eigenvalue weighted by atomic mass is 10.2. The Bertz CT molecular complexity index is 472. The Hall–Kier alpha value is -1.36. The topological polar surface area (TPSA) is 56.1 Å². The molecule has 0 spiro atoms. The standard InChI is InChI=1S/C14H23N3O2/c1-14(2,3)19-7-6-17-13(18)8-12(10-16-17)15-9-11-4-5-11/h8,10-11,15H,4-7,9H2,1-3H3. The van der Waals surface area contributed by atoms with E-state index in [4.69, 9.17) is 4.74 Å². The smallest absolute Gasteiger partial charge is 0.268 e. The highest BCUT2D eigenvalue weighted by Crippen LogP contribution is 2.28. The fraction of sp³-hybridized carbons (Fsp3) is 0.714. The SMILES string of the molecule is CC(C)(C)OCCn1ncc(NCC2CC2)cc1=O. The molecule has 5 nitrogen and oxygen atoms in total. The van der Waals surface area contributed by atoms with Crippen molar-refractivity contribution in [1.82, 2.24) is 9.78 Å². The average Bonchev–Trinajstić information content (AvgIpc) is 3.11. The fourth-order valence-corrected chi connectivity index (χ4v) is 1.72. The Morgan fingerprint density at radius 2 is 2.21 bits per heavy atom. The second kappa shape index (κ2) is 5.74. The molecule has 1 N–H and O–H groups in total. The zero-order valence-electron chi connectivity index (χ0n) is 12.0. The van der Waals surface area contributed by atoms with Crippen molar-refractivity contribution in [3.05, 3.63) is 22.6 Å². The van der Waals surface area contributed by atoms with E-state index in [-0.39, 0.29) is 11.2 Å². The molecule has 0 amide bonds. The first-order valence-corrected chi connectivity index (χ1v) is 6.89. The van der Waals surface area contributed by atoms with E-state index in [9.17, 15) is 4.79 Å². The molecular formula is C14H23N3O2. The molecule has 0 aliphatic heterocycles. The van der Waals surface area contributed by atoms with Crippen LogP contribution in [0, 0.1) is 5.92 Å². The van der Waals surface area contributed by atoms with Crippen LogP contribution in [0.3, 0.4) is 0 Å². The quantitative estimate of drug-likeness (QED) is 0.853. The van der Waals surface area contributed by atoms with Gasteiger partial charge in [0.1, 0.15) is 0 Å². The lowest BCUT2D eigenvalue weighted by Crippen LogP contribution is -2.28. The van der Waals surface area contributed by atoms with Crippen molar-refractivity contribution in [2.24, 2.45) is 5.92 Å². The van der Waals surface area contributed by atoms with Crippen molar-refractivity contribution in [3.8, 4) is 0 Å². The lowest BCUT2D eigenvalue weighted by molar-refractivity contribution is -0.00835. The summed E-state index contributed by atoms with van der Waals surface area (Å²) in [6.07, 6.45) is 4.30. The minimum absolute atomic E-state index is 0.0849. The molecule has 2 rings (SSSR count). The van der Waals surface area contributed by atoms with Crippen LogP contribution in [0.2, 0.25) is 0 Å². The summed E-state index contributed by atoms with van der Waals surface area (Å²) in [7, 11) is 0. The Kier molecular flexibility index (Phi) is 4.24. The summed E-state index contributed by atoms with van der Waals surface area (Å²) in [5.41, 5.74) is 0.540.